The maximum atomic E-state index is 12.4. The van der Waals surface area contributed by atoms with Gasteiger partial charge in [0, 0.05) is 23.6 Å². The van der Waals surface area contributed by atoms with Crippen LogP contribution < -0.4 is 16.8 Å². The Morgan fingerprint density at radius 3 is 2.59 bits per heavy atom. The first kappa shape index (κ1) is 20.3. The first-order valence-corrected chi connectivity index (χ1v) is 10.8. The number of anilines is 2. The number of benzene rings is 1. The number of nitrogen functional groups attached to an aromatic ring is 1. The summed E-state index contributed by atoms with van der Waals surface area (Å²) in [4.78, 5) is 24.4. The van der Waals surface area contributed by atoms with Gasteiger partial charge in [-0.15, -0.1) is 0 Å². The van der Waals surface area contributed by atoms with E-state index in [2.05, 4.69) is 15.6 Å². The van der Waals surface area contributed by atoms with E-state index in [1.54, 1.807) is 16.8 Å². The molecule has 1 unspecified atom stereocenters. The van der Waals surface area contributed by atoms with Crippen LogP contribution in [0.4, 0.5) is 11.7 Å². The van der Waals surface area contributed by atoms with Crippen LogP contribution in [-0.4, -0.2) is 26.8 Å². The number of primary amides is 1. The summed E-state index contributed by atoms with van der Waals surface area (Å²) < 4.78 is 6.87. The number of nitrogens with one attached hydrogen (secondary N) is 1. The molecule has 2 aromatic heterocycles. The number of rotatable bonds is 7. The molecule has 9 heteroatoms. The third kappa shape index (κ3) is 3.53. The van der Waals surface area contributed by atoms with Gasteiger partial charge in [0.15, 0.2) is 0 Å². The van der Waals surface area contributed by atoms with Crippen molar-refractivity contribution in [2.24, 2.45) is 11.1 Å². The molecule has 32 heavy (non-hydrogen) atoms. The fourth-order valence-electron chi connectivity index (χ4n) is 4.42. The Bertz CT molecular complexity index is 1200. The smallest absolute Gasteiger partial charge is 0.254 e. The molecule has 2 aliphatic rings. The molecule has 0 bridgehead atoms. The number of nitrogens with two attached hydrogens (primary N) is 2. The van der Waals surface area contributed by atoms with Gasteiger partial charge in [-0.2, -0.15) is 5.10 Å². The highest BCUT2D eigenvalue weighted by molar-refractivity contribution is 6.03. The Morgan fingerprint density at radius 2 is 2.00 bits per heavy atom. The molecule has 1 aromatic carbocycles. The van der Waals surface area contributed by atoms with Crippen molar-refractivity contribution in [1.82, 2.24) is 14.9 Å². The summed E-state index contributed by atoms with van der Waals surface area (Å²) in [5.74, 6) is 0.297. The largest absolute Gasteiger partial charge is 0.383 e. The van der Waals surface area contributed by atoms with E-state index in [1.807, 2.05) is 32.0 Å². The van der Waals surface area contributed by atoms with Crippen molar-refractivity contribution in [2.75, 3.05) is 11.1 Å². The first-order valence-electron chi connectivity index (χ1n) is 10.8. The SMILES string of the molecule is CC(C)n1nc(-c2ccc(CC(=O)Nc3cc(C4CC45CC5)no3)cc2)c(C(N)=O)c1N. The Morgan fingerprint density at radius 1 is 1.28 bits per heavy atom. The van der Waals surface area contributed by atoms with E-state index in [0.29, 0.717) is 28.5 Å². The van der Waals surface area contributed by atoms with Gasteiger partial charge in [-0.1, -0.05) is 29.4 Å². The second-order valence-electron chi connectivity index (χ2n) is 9.17. The molecule has 1 atom stereocenters. The number of nitrogens with zero attached hydrogens (tertiary/aromatic N) is 3. The lowest BCUT2D eigenvalue weighted by atomic mass is 10.0. The highest BCUT2D eigenvalue weighted by Gasteiger charge is 2.64. The summed E-state index contributed by atoms with van der Waals surface area (Å²) in [5.41, 5.74) is 15.2. The van der Waals surface area contributed by atoms with Crippen molar-refractivity contribution in [3.05, 3.63) is 47.2 Å². The Hall–Kier alpha value is -3.62. The number of aromatic nitrogens is 3. The summed E-state index contributed by atoms with van der Waals surface area (Å²) in [6.07, 6.45) is 3.90. The van der Waals surface area contributed by atoms with E-state index in [9.17, 15) is 9.59 Å². The maximum absolute atomic E-state index is 12.4. The van der Waals surface area contributed by atoms with Crippen molar-refractivity contribution >= 4 is 23.5 Å². The molecule has 2 aliphatic carbocycles. The van der Waals surface area contributed by atoms with Crippen LogP contribution in [0.3, 0.4) is 0 Å². The molecule has 0 saturated heterocycles. The molecule has 5 N–H and O–H groups in total. The van der Waals surface area contributed by atoms with Gasteiger partial charge in [-0.3, -0.25) is 14.9 Å². The van der Waals surface area contributed by atoms with Crippen LogP contribution in [-0.2, 0) is 11.2 Å². The predicted octanol–water partition coefficient (Wildman–Crippen LogP) is 3.25. The molecule has 0 radical (unpaired) electrons. The van der Waals surface area contributed by atoms with E-state index < -0.39 is 5.91 Å². The zero-order chi connectivity index (χ0) is 22.6. The van der Waals surface area contributed by atoms with Gasteiger partial charge in [0.05, 0.1) is 12.1 Å². The number of amides is 2. The van der Waals surface area contributed by atoms with Gasteiger partial charge < -0.3 is 16.0 Å². The minimum atomic E-state index is -0.627. The number of carbonyl (C=O) groups excluding carboxylic acids is 2. The quantitative estimate of drug-likeness (QED) is 0.521. The second-order valence-corrected chi connectivity index (χ2v) is 9.17. The van der Waals surface area contributed by atoms with Gasteiger partial charge in [-0.25, -0.2) is 4.68 Å². The van der Waals surface area contributed by atoms with E-state index >= 15 is 0 Å². The number of hydrogen-bond donors (Lipinski definition) is 3. The molecule has 3 aromatic rings. The molecular weight excluding hydrogens is 408 g/mol. The maximum Gasteiger partial charge on any atom is 0.254 e. The second kappa shape index (κ2) is 7.22. The molecule has 2 amide bonds. The lowest BCUT2D eigenvalue weighted by molar-refractivity contribution is -0.115. The average molecular weight is 435 g/mol. The molecule has 5 rings (SSSR count). The highest BCUT2D eigenvalue weighted by Crippen LogP contribution is 2.74. The van der Waals surface area contributed by atoms with Crippen LogP contribution in [0.2, 0.25) is 0 Å². The summed E-state index contributed by atoms with van der Waals surface area (Å²) in [6.45, 7) is 3.84. The lowest BCUT2D eigenvalue weighted by Gasteiger charge is -2.07. The predicted molar refractivity (Wildman–Crippen MR) is 119 cm³/mol. The zero-order valence-electron chi connectivity index (χ0n) is 18.1. The van der Waals surface area contributed by atoms with Crippen LogP contribution in [0, 0.1) is 5.41 Å². The molecule has 2 saturated carbocycles. The van der Waals surface area contributed by atoms with Crippen molar-refractivity contribution in [2.45, 2.75) is 51.5 Å². The van der Waals surface area contributed by atoms with Gasteiger partial charge >= 0.3 is 0 Å². The van der Waals surface area contributed by atoms with Gasteiger partial charge in [0.2, 0.25) is 11.8 Å². The summed E-state index contributed by atoms with van der Waals surface area (Å²) in [5, 5.41) is 11.4. The third-order valence-electron chi connectivity index (χ3n) is 6.51. The number of carbonyl (C=O) groups is 2. The minimum Gasteiger partial charge on any atom is -0.383 e. The van der Waals surface area contributed by atoms with Crippen LogP contribution in [0.15, 0.2) is 34.9 Å². The Kier molecular flexibility index (Phi) is 4.58. The standard InChI is InChI=1S/C23H26N6O3/c1-12(2)29-21(24)19(22(25)31)20(27-29)14-5-3-13(4-6-14)9-17(30)26-18-10-16(28-32-18)15-11-23(15)7-8-23/h3-6,10,12,15H,7-9,11,24H2,1-2H3,(H2,25,31)(H,26,30). The summed E-state index contributed by atoms with van der Waals surface area (Å²) in [7, 11) is 0. The molecule has 2 heterocycles. The van der Waals surface area contributed by atoms with Crippen molar-refractivity contribution in [1.29, 1.82) is 0 Å². The third-order valence-corrected chi connectivity index (χ3v) is 6.51. The summed E-state index contributed by atoms with van der Waals surface area (Å²) >= 11 is 0. The van der Waals surface area contributed by atoms with Crippen molar-refractivity contribution in [3.8, 4) is 11.3 Å². The van der Waals surface area contributed by atoms with E-state index in [4.69, 9.17) is 16.0 Å². The highest BCUT2D eigenvalue weighted by atomic mass is 16.5. The molecule has 166 valence electrons. The minimum absolute atomic E-state index is 0.0175. The topological polar surface area (TPSA) is 142 Å². The van der Waals surface area contributed by atoms with Crippen LogP contribution >= 0.6 is 0 Å². The Balaban J connectivity index is 1.26. The van der Waals surface area contributed by atoms with Crippen LogP contribution in [0.25, 0.3) is 11.3 Å². The van der Waals surface area contributed by atoms with Crippen molar-refractivity contribution in [3.63, 3.8) is 0 Å². The van der Waals surface area contributed by atoms with E-state index in [-0.39, 0.29) is 29.8 Å². The number of hydrogen-bond acceptors (Lipinski definition) is 6. The van der Waals surface area contributed by atoms with Crippen molar-refractivity contribution < 1.29 is 14.1 Å². The molecular formula is C23H26N6O3. The van der Waals surface area contributed by atoms with E-state index in [1.165, 1.54) is 19.3 Å². The molecule has 0 aliphatic heterocycles. The molecule has 2 fully saturated rings. The zero-order valence-corrected chi connectivity index (χ0v) is 18.1. The van der Waals surface area contributed by atoms with E-state index in [0.717, 1.165) is 11.3 Å². The fourth-order valence-corrected chi connectivity index (χ4v) is 4.42. The summed E-state index contributed by atoms with van der Waals surface area (Å²) in [6, 6.07) is 9.05. The van der Waals surface area contributed by atoms with Crippen LogP contribution in [0.5, 0.6) is 0 Å². The van der Waals surface area contributed by atoms with Gasteiger partial charge in [0.25, 0.3) is 5.91 Å². The molecule has 9 nitrogen and oxygen atoms in total. The fraction of sp³-hybridized carbons (Fsp3) is 0.391. The normalized spacial score (nSPS) is 18.2. The lowest BCUT2D eigenvalue weighted by Crippen LogP contribution is -2.15. The average Bonchev–Trinajstić information content (AvgIpc) is 3.57. The van der Waals surface area contributed by atoms with Gasteiger partial charge in [-0.05, 0) is 44.1 Å². The van der Waals surface area contributed by atoms with Crippen LogP contribution in [0.1, 0.15) is 66.7 Å². The molecule has 1 spiro atoms. The Labute approximate surface area is 185 Å². The monoisotopic (exact) mass is 434 g/mol. The van der Waals surface area contributed by atoms with Gasteiger partial charge in [0.1, 0.15) is 17.1 Å². The first-order chi connectivity index (χ1) is 15.3.